The number of carbonyl (C=O) groups excluding carboxylic acids is 1. The van der Waals surface area contributed by atoms with Crippen molar-refractivity contribution in [2.24, 2.45) is 5.92 Å². The molecule has 3 N–H and O–H groups in total. The first-order valence-corrected chi connectivity index (χ1v) is 12.0. The molecule has 0 spiro atoms. The zero-order chi connectivity index (χ0) is 24.6. The molecule has 4 rings (SSSR count). The van der Waals surface area contributed by atoms with E-state index in [4.69, 9.17) is 0 Å². The van der Waals surface area contributed by atoms with Crippen molar-refractivity contribution >= 4 is 23.1 Å². The summed E-state index contributed by atoms with van der Waals surface area (Å²) in [7, 11) is 0. The molecular formula is C28H32N6O. The van der Waals surface area contributed by atoms with Gasteiger partial charge in [-0.05, 0) is 36.6 Å². The third-order valence-corrected chi connectivity index (χ3v) is 5.51. The van der Waals surface area contributed by atoms with Gasteiger partial charge in [0.25, 0.3) is 5.91 Å². The first-order valence-electron chi connectivity index (χ1n) is 12.0. The van der Waals surface area contributed by atoms with Gasteiger partial charge >= 0.3 is 0 Å². The van der Waals surface area contributed by atoms with E-state index in [1.54, 1.807) is 12.4 Å². The second-order valence-electron chi connectivity index (χ2n) is 8.79. The van der Waals surface area contributed by atoms with E-state index in [-0.39, 0.29) is 5.91 Å². The molecule has 1 amide bonds. The van der Waals surface area contributed by atoms with Crippen molar-refractivity contribution in [3.8, 4) is 11.4 Å². The van der Waals surface area contributed by atoms with Crippen molar-refractivity contribution in [2.45, 2.75) is 27.3 Å². The van der Waals surface area contributed by atoms with E-state index in [1.807, 2.05) is 61.7 Å². The fourth-order valence-corrected chi connectivity index (χ4v) is 3.80. The fourth-order valence-electron chi connectivity index (χ4n) is 3.80. The average Bonchev–Trinajstić information content (AvgIpc) is 3.21. The molecule has 2 aromatic carbocycles. The summed E-state index contributed by atoms with van der Waals surface area (Å²) in [6.07, 6.45) is 5.50. The first kappa shape index (κ1) is 24.0. The lowest BCUT2D eigenvalue weighted by Gasteiger charge is -2.14. The van der Waals surface area contributed by atoms with Crippen molar-refractivity contribution in [1.82, 2.24) is 19.9 Å². The third-order valence-electron chi connectivity index (χ3n) is 5.51. The summed E-state index contributed by atoms with van der Waals surface area (Å²) in [5, 5.41) is 9.94. The van der Waals surface area contributed by atoms with Gasteiger partial charge in [-0.1, -0.05) is 56.3 Å². The lowest BCUT2D eigenvalue weighted by molar-refractivity contribution is 0.0957. The molecule has 0 aliphatic carbocycles. The first-order chi connectivity index (χ1) is 17.0. The molecule has 0 saturated carbocycles. The minimum Gasteiger partial charge on any atom is -0.383 e. The normalized spacial score (nSPS) is 10.9. The topological polar surface area (TPSA) is 83.9 Å². The van der Waals surface area contributed by atoms with E-state index < -0.39 is 0 Å². The molecule has 0 fully saturated rings. The van der Waals surface area contributed by atoms with E-state index in [0.29, 0.717) is 30.4 Å². The van der Waals surface area contributed by atoms with Gasteiger partial charge in [0.1, 0.15) is 11.4 Å². The molecule has 2 aromatic heterocycles. The minimum atomic E-state index is -0.104. The van der Waals surface area contributed by atoms with Crippen LogP contribution in [-0.2, 0) is 6.54 Å². The summed E-state index contributed by atoms with van der Waals surface area (Å²) in [5.74, 6) is 1.79. The van der Waals surface area contributed by atoms with Crippen molar-refractivity contribution < 1.29 is 4.79 Å². The van der Waals surface area contributed by atoms with Gasteiger partial charge < -0.3 is 20.5 Å². The molecule has 0 saturated heterocycles. The molecule has 0 atom stereocenters. The number of nitrogens with one attached hydrogen (secondary N) is 3. The Morgan fingerprint density at radius 3 is 2.34 bits per heavy atom. The summed E-state index contributed by atoms with van der Waals surface area (Å²) in [6, 6.07) is 19.9. The molecule has 0 aliphatic rings. The van der Waals surface area contributed by atoms with Crippen LogP contribution in [0.25, 0.3) is 11.4 Å². The summed E-state index contributed by atoms with van der Waals surface area (Å²) >= 11 is 0. The van der Waals surface area contributed by atoms with Crippen LogP contribution in [0.1, 0.15) is 36.7 Å². The van der Waals surface area contributed by atoms with Crippen LogP contribution in [0.4, 0.5) is 17.2 Å². The molecule has 2 heterocycles. The van der Waals surface area contributed by atoms with E-state index >= 15 is 0 Å². The van der Waals surface area contributed by atoms with Crippen LogP contribution in [0.3, 0.4) is 0 Å². The Kier molecular flexibility index (Phi) is 7.77. The summed E-state index contributed by atoms with van der Waals surface area (Å²) < 4.78 is 2.09. The standard InChI is InChI=1S/C28H32N6O/c1-4-29-28(35)25-24(32-17-20(2)3)19-34(27(25)33-23-9-6-5-7-10-23)18-21-11-13-22(14-12-21)26-30-15-8-16-31-26/h5-16,19-20,32-33H,4,17-18H2,1-3H3,(H,29,35). The third kappa shape index (κ3) is 6.06. The van der Waals surface area contributed by atoms with Crippen LogP contribution >= 0.6 is 0 Å². The van der Waals surface area contributed by atoms with Gasteiger partial charge in [-0.15, -0.1) is 0 Å². The van der Waals surface area contributed by atoms with Crippen LogP contribution in [0.15, 0.2) is 79.3 Å². The Labute approximate surface area is 206 Å². The van der Waals surface area contributed by atoms with Gasteiger partial charge in [0, 0.05) is 49.5 Å². The van der Waals surface area contributed by atoms with Crippen LogP contribution in [0.2, 0.25) is 0 Å². The maximum atomic E-state index is 13.2. The molecule has 180 valence electrons. The SMILES string of the molecule is CCNC(=O)c1c(NCC(C)C)cn(Cc2ccc(-c3ncccn3)cc2)c1Nc1ccccc1. The largest absolute Gasteiger partial charge is 0.383 e. The number of anilines is 3. The Balaban J connectivity index is 1.71. The van der Waals surface area contributed by atoms with Crippen LogP contribution in [0, 0.1) is 5.92 Å². The number of carbonyl (C=O) groups is 1. The number of aromatic nitrogens is 3. The number of rotatable bonds is 10. The number of para-hydroxylation sites is 1. The molecule has 35 heavy (non-hydrogen) atoms. The monoisotopic (exact) mass is 468 g/mol. The Morgan fingerprint density at radius 1 is 0.971 bits per heavy atom. The van der Waals surface area contributed by atoms with Crippen molar-refractivity contribution in [3.63, 3.8) is 0 Å². The quantitative estimate of drug-likeness (QED) is 0.284. The molecule has 0 bridgehead atoms. The van der Waals surface area contributed by atoms with Crippen molar-refractivity contribution in [3.05, 3.63) is 90.4 Å². The zero-order valence-corrected chi connectivity index (χ0v) is 20.5. The lowest BCUT2D eigenvalue weighted by atomic mass is 10.1. The highest BCUT2D eigenvalue weighted by atomic mass is 16.1. The molecule has 0 aliphatic heterocycles. The molecule has 0 radical (unpaired) electrons. The van der Waals surface area contributed by atoms with Gasteiger partial charge in [0.15, 0.2) is 5.82 Å². The molecule has 7 heteroatoms. The lowest BCUT2D eigenvalue weighted by Crippen LogP contribution is -2.24. The summed E-state index contributed by atoms with van der Waals surface area (Å²) in [4.78, 5) is 21.8. The predicted molar refractivity (Wildman–Crippen MR) is 142 cm³/mol. The Morgan fingerprint density at radius 2 is 1.69 bits per heavy atom. The van der Waals surface area contributed by atoms with Crippen molar-refractivity contribution in [1.29, 1.82) is 0 Å². The number of benzene rings is 2. The van der Waals surface area contributed by atoms with Gasteiger partial charge in [-0.3, -0.25) is 4.79 Å². The number of hydrogen-bond acceptors (Lipinski definition) is 5. The van der Waals surface area contributed by atoms with E-state index in [1.165, 1.54) is 0 Å². The van der Waals surface area contributed by atoms with Crippen LogP contribution < -0.4 is 16.0 Å². The number of nitrogens with zero attached hydrogens (tertiary/aromatic N) is 3. The van der Waals surface area contributed by atoms with E-state index in [0.717, 1.165) is 34.9 Å². The molecule has 4 aromatic rings. The fraction of sp³-hybridized carbons (Fsp3) is 0.250. The molecule has 0 unspecified atom stereocenters. The van der Waals surface area contributed by atoms with Gasteiger partial charge in [-0.25, -0.2) is 9.97 Å². The summed E-state index contributed by atoms with van der Waals surface area (Å²) in [5.41, 5.74) is 4.42. The smallest absolute Gasteiger partial charge is 0.257 e. The summed E-state index contributed by atoms with van der Waals surface area (Å²) in [6.45, 7) is 8.15. The number of hydrogen-bond donors (Lipinski definition) is 3. The Bertz CT molecular complexity index is 1230. The highest BCUT2D eigenvalue weighted by Crippen LogP contribution is 2.31. The van der Waals surface area contributed by atoms with Gasteiger partial charge in [0.05, 0.1) is 5.69 Å². The second-order valence-corrected chi connectivity index (χ2v) is 8.79. The predicted octanol–water partition coefficient (Wildman–Crippen LogP) is 5.55. The Hall–Kier alpha value is -4.13. The molecular weight excluding hydrogens is 436 g/mol. The van der Waals surface area contributed by atoms with Gasteiger partial charge in [0.2, 0.25) is 0 Å². The zero-order valence-electron chi connectivity index (χ0n) is 20.5. The van der Waals surface area contributed by atoms with E-state index in [2.05, 4.69) is 56.5 Å². The van der Waals surface area contributed by atoms with Gasteiger partial charge in [-0.2, -0.15) is 0 Å². The maximum Gasteiger partial charge on any atom is 0.257 e. The van der Waals surface area contributed by atoms with Crippen molar-refractivity contribution in [2.75, 3.05) is 23.7 Å². The second kappa shape index (κ2) is 11.3. The average molecular weight is 469 g/mol. The van der Waals surface area contributed by atoms with E-state index in [9.17, 15) is 4.79 Å². The highest BCUT2D eigenvalue weighted by Gasteiger charge is 2.22. The van der Waals surface area contributed by atoms with Crippen LogP contribution in [-0.4, -0.2) is 33.5 Å². The highest BCUT2D eigenvalue weighted by molar-refractivity contribution is 6.05. The number of amides is 1. The molecule has 7 nitrogen and oxygen atoms in total. The minimum absolute atomic E-state index is 0.104. The maximum absolute atomic E-state index is 13.2. The van der Waals surface area contributed by atoms with Crippen LogP contribution in [0.5, 0.6) is 0 Å².